The Balaban J connectivity index is 1.38. The van der Waals surface area contributed by atoms with Gasteiger partial charge >= 0.3 is 0 Å². The van der Waals surface area contributed by atoms with Crippen molar-refractivity contribution in [3.05, 3.63) is 65.8 Å². The minimum atomic E-state index is -0.897. The maximum Gasteiger partial charge on any atom is 0.297 e. The average molecular weight is 425 g/mol. The zero-order chi connectivity index (χ0) is 20.8. The van der Waals surface area contributed by atoms with Gasteiger partial charge in [0.2, 0.25) is 0 Å². The molecule has 2 aromatic carbocycles. The molecule has 1 amide bonds. The SMILES string of the molecule is Cc1ccc2cccc(SNC(=O)c3cc4c(F)cc(N5CC(F)C5)cc4o3)c2n1. The van der Waals surface area contributed by atoms with Crippen molar-refractivity contribution in [2.75, 3.05) is 18.0 Å². The highest BCUT2D eigenvalue weighted by atomic mass is 32.2. The number of anilines is 1. The molecule has 30 heavy (non-hydrogen) atoms. The summed E-state index contributed by atoms with van der Waals surface area (Å²) in [6.45, 7) is 2.37. The van der Waals surface area contributed by atoms with Gasteiger partial charge in [0.05, 0.1) is 28.9 Å². The third-order valence-electron chi connectivity index (χ3n) is 5.07. The van der Waals surface area contributed by atoms with Crippen LogP contribution >= 0.6 is 11.9 Å². The Morgan fingerprint density at radius 1 is 1.23 bits per heavy atom. The van der Waals surface area contributed by atoms with Crippen molar-refractivity contribution >= 4 is 45.4 Å². The van der Waals surface area contributed by atoms with Gasteiger partial charge in [-0.1, -0.05) is 18.2 Å². The zero-order valence-corrected chi connectivity index (χ0v) is 16.8. The van der Waals surface area contributed by atoms with Crippen LogP contribution in [-0.4, -0.2) is 30.2 Å². The lowest BCUT2D eigenvalue weighted by Crippen LogP contribution is -2.48. The van der Waals surface area contributed by atoms with Gasteiger partial charge in [0.1, 0.15) is 17.6 Å². The molecule has 0 spiro atoms. The molecule has 1 aliphatic heterocycles. The fraction of sp³-hybridized carbons (Fsp3) is 0.182. The Hall–Kier alpha value is -3.13. The zero-order valence-electron chi connectivity index (χ0n) is 16.0. The number of alkyl halides is 1. The van der Waals surface area contributed by atoms with Crippen LogP contribution in [0.25, 0.3) is 21.9 Å². The number of carbonyl (C=O) groups is 1. The van der Waals surface area contributed by atoms with Crippen LogP contribution in [0.2, 0.25) is 0 Å². The van der Waals surface area contributed by atoms with E-state index >= 15 is 0 Å². The molecule has 152 valence electrons. The lowest BCUT2D eigenvalue weighted by atomic mass is 10.1. The van der Waals surface area contributed by atoms with Gasteiger partial charge in [-0.25, -0.2) is 8.78 Å². The van der Waals surface area contributed by atoms with Gasteiger partial charge in [0.15, 0.2) is 5.76 Å². The van der Waals surface area contributed by atoms with Crippen LogP contribution in [0.15, 0.2) is 57.8 Å². The fourth-order valence-electron chi connectivity index (χ4n) is 3.46. The summed E-state index contributed by atoms with van der Waals surface area (Å²) in [5.41, 5.74) is 2.47. The van der Waals surface area contributed by atoms with Crippen molar-refractivity contribution in [1.82, 2.24) is 9.71 Å². The number of hydrogen-bond acceptors (Lipinski definition) is 5. The summed E-state index contributed by atoms with van der Waals surface area (Å²) in [4.78, 5) is 19.7. The summed E-state index contributed by atoms with van der Waals surface area (Å²) in [7, 11) is 0. The first-order chi connectivity index (χ1) is 14.5. The number of rotatable bonds is 4. The molecule has 0 aliphatic carbocycles. The van der Waals surface area contributed by atoms with E-state index in [0.29, 0.717) is 5.69 Å². The largest absolute Gasteiger partial charge is 0.451 e. The number of nitrogens with one attached hydrogen (secondary N) is 1. The van der Waals surface area contributed by atoms with Gasteiger partial charge in [0.25, 0.3) is 5.91 Å². The number of pyridine rings is 1. The molecule has 0 saturated carbocycles. The van der Waals surface area contributed by atoms with Crippen molar-refractivity contribution in [2.45, 2.75) is 18.0 Å². The number of benzene rings is 2. The number of para-hydroxylation sites is 1. The Bertz CT molecular complexity index is 1280. The molecule has 0 unspecified atom stereocenters. The summed E-state index contributed by atoms with van der Waals surface area (Å²) in [5, 5.41) is 1.19. The Morgan fingerprint density at radius 3 is 2.87 bits per heavy atom. The van der Waals surface area contributed by atoms with E-state index in [-0.39, 0.29) is 29.8 Å². The van der Waals surface area contributed by atoms with Gasteiger partial charge in [0, 0.05) is 28.9 Å². The highest BCUT2D eigenvalue weighted by Gasteiger charge is 2.27. The normalized spacial score (nSPS) is 14.3. The molecule has 4 aromatic rings. The van der Waals surface area contributed by atoms with Crippen LogP contribution in [0.5, 0.6) is 0 Å². The van der Waals surface area contributed by atoms with Crippen LogP contribution < -0.4 is 9.62 Å². The predicted octanol–water partition coefficient (Wildman–Crippen LogP) is 5.02. The van der Waals surface area contributed by atoms with E-state index in [1.165, 1.54) is 12.1 Å². The molecule has 1 N–H and O–H groups in total. The minimum absolute atomic E-state index is 0.00454. The van der Waals surface area contributed by atoms with Gasteiger partial charge in [-0.3, -0.25) is 14.5 Å². The quantitative estimate of drug-likeness (QED) is 0.465. The number of amides is 1. The van der Waals surface area contributed by atoms with Crippen molar-refractivity contribution in [3.63, 3.8) is 0 Å². The Morgan fingerprint density at radius 2 is 2.07 bits per heavy atom. The standard InChI is InChI=1S/C22H17F2N3O2S/c1-12-5-6-13-3-2-4-20(21(13)25-12)30-26-22(28)19-9-16-17(24)7-15(8-18(16)29-19)27-10-14(23)11-27/h2-9,14H,10-11H2,1H3,(H,26,28). The average Bonchev–Trinajstić information content (AvgIpc) is 3.14. The summed E-state index contributed by atoms with van der Waals surface area (Å²) in [5.74, 6) is -0.978. The lowest BCUT2D eigenvalue weighted by Gasteiger charge is -2.36. The molecule has 5 rings (SSSR count). The van der Waals surface area contributed by atoms with E-state index in [1.54, 1.807) is 11.0 Å². The number of aromatic nitrogens is 1. The smallest absolute Gasteiger partial charge is 0.297 e. The molecule has 1 aliphatic rings. The van der Waals surface area contributed by atoms with Gasteiger partial charge < -0.3 is 9.32 Å². The maximum atomic E-state index is 14.5. The second kappa shape index (κ2) is 7.28. The van der Waals surface area contributed by atoms with E-state index < -0.39 is 17.9 Å². The van der Waals surface area contributed by atoms with Gasteiger partial charge in [-0.05, 0) is 37.1 Å². The molecule has 1 fully saturated rings. The monoisotopic (exact) mass is 425 g/mol. The van der Waals surface area contributed by atoms with Gasteiger partial charge in [-0.2, -0.15) is 0 Å². The Kier molecular flexibility index (Phi) is 4.58. The molecule has 5 nitrogen and oxygen atoms in total. The first-order valence-corrected chi connectivity index (χ1v) is 10.3. The topological polar surface area (TPSA) is 58.4 Å². The number of nitrogens with zero attached hydrogens (tertiary/aromatic N) is 2. The first-order valence-electron chi connectivity index (χ1n) is 9.43. The number of hydrogen-bond donors (Lipinski definition) is 1. The molecule has 8 heteroatoms. The first kappa shape index (κ1) is 18.9. The summed E-state index contributed by atoms with van der Waals surface area (Å²) < 4.78 is 35.9. The molecule has 0 bridgehead atoms. The molecule has 0 radical (unpaired) electrons. The number of halogens is 2. The summed E-state index contributed by atoms with van der Waals surface area (Å²) in [6, 6.07) is 14.0. The number of fused-ring (bicyclic) bond motifs is 2. The Labute approximate surface area is 175 Å². The van der Waals surface area contributed by atoms with Crippen LogP contribution in [0, 0.1) is 12.7 Å². The maximum absolute atomic E-state index is 14.5. The highest BCUT2D eigenvalue weighted by molar-refractivity contribution is 7.98. The van der Waals surface area contributed by atoms with Crippen LogP contribution in [0.4, 0.5) is 14.5 Å². The summed E-state index contributed by atoms with van der Waals surface area (Å²) in [6.07, 6.45) is -0.897. The highest BCUT2D eigenvalue weighted by Crippen LogP contribution is 2.31. The molecular formula is C22H17F2N3O2S. The van der Waals surface area contributed by atoms with Gasteiger partial charge in [-0.15, -0.1) is 0 Å². The van der Waals surface area contributed by atoms with Crippen LogP contribution in [0.3, 0.4) is 0 Å². The second-order valence-corrected chi connectivity index (χ2v) is 8.11. The molecule has 3 heterocycles. The number of carbonyl (C=O) groups excluding carboxylic acids is 1. The van der Waals surface area contributed by atoms with E-state index in [9.17, 15) is 13.6 Å². The number of aryl methyl sites for hydroxylation is 1. The van der Waals surface area contributed by atoms with E-state index in [4.69, 9.17) is 4.42 Å². The molecule has 2 aromatic heterocycles. The molecular weight excluding hydrogens is 408 g/mol. The predicted molar refractivity (Wildman–Crippen MR) is 113 cm³/mol. The minimum Gasteiger partial charge on any atom is -0.451 e. The van der Waals surface area contributed by atoms with Crippen molar-refractivity contribution in [2.24, 2.45) is 0 Å². The van der Waals surface area contributed by atoms with E-state index in [0.717, 1.165) is 33.4 Å². The summed E-state index contributed by atoms with van der Waals surface area (Å²) >= 11 is 1.13. The third-order valence-corrected chi connectivity index (χ3v) is 5.91. The second-order valence-electron chi connectivity index (χ2n) is 7.27. The van der Waals surface area contributed by atoms with E-state index in [1.807, 2.05) is 37.3 Å². The lowest BCUT2D eigenvalue weighted by molar-refractivity contribution is 0.0959. The molecule has 1 saturated heterocycles. The van der Waals surface area contributed by atoms with Crippen LogP contribution in [-0.2, 0) is 0 Å². The third kappa shape index (κ3) is 3.37. The van der Waals surface area contributed by atoms with Crippen molar-refractivity contribution in [3.8, 4) is 0 Å². The number of furan rings is 1. The van der Waals surface area contributed by atoms with Crippen LogP contribution in [0.1, 0.15) is 16.2 Å². The van der Waals surface area contributed by atoms with E-state index in [2.05, 4.69) is 9.71 Å². The fourth-order valence-corrected chi connectivity index (χ4v) is 4.17. The van der Waals surface area contributed by atoms with Crippen molar-refractivity contribution in [1.29, 1.82) is 0 Å². The van der Waals surface area contributed by atoms with Crippen molar-refractivity contribution < 1.29 is 18.0 Å². The molecule has 0 atom stereocenters.